The summed E-state index contributed by atoms with van der Waals surface area (Å²) in [6.07, 6.45) is 3.91. The van der Waals surface area contributed by atoms with Crippen LogP contribution in [-0.4, -0.2) is 15.5 Å². The molecule has 1 aliphatic rings. The van der Waals surface area contributed by atoms with Crippen LogP contribution < -0.4 is 5.56 Å². The summed E-state index contributed by atoms with van der Waals surface area (Å²) < 4.78 is 7.14. The van der Waals surface area contributed by atoms with Crippen LogP contribution in [0.15, 0.2) is 47.3 Å². The van der Waals surface area contributed by atoms with Crippen LogP contribution in [0.3, 0.4) is 0 Å². The van der Waals surface area contributed by atoms with E-state index in [0.717, 1.165) is 37.1 Å². The van der Waals surface area contributed by atoms with Gasteiger partial charge in [-0.1, -0.05) is 30.2 Å². The number of hydrogen-bond acceptors (Lipinski definition) is 4. The van der Waals surface area contributed by atoms with Gasteiger partial charge < -0.3 is 4.74 Å². The zero-order chi connectivity index (χ0) is 18.8. The second kappa shape index (κ2) is 7.53. The minimum Gasteiger partial charge on any atom is -0.457 e. The van der Waals surface area contributed by atoms with Crippen molar-refractivity contribution >= 4 is 28.5 Å². The predicted molar refractivity (Wildman–Crippen MR) is 104 cm³/mol. The molecule has 0 fully saturated rings. The van der Waals surface area contributed by atoms with Crippen LogP contribution >= 0.6 is 11.6 Å². The first-order chi connectivity index (χ1) is 13.1. The molecule has 0 bridgehead atoms. The summed E-state index contributed by atoms with van der Waals surface area (Å²) in [6.45, 7) is 0.871. The highest BCUT2D eigenvalue weighted by atomic mass is 35.5. The summed E-state index contributed by atoms with van der Waals surface area (Å²) in [5.74, 6) is 0.361. The molecule has 1 aliphatic heterocycles. The third kappa shape index (κ3) is 3.74. The largest absolute Gasteiger partial charge is 0.457 e. The van der Waals surface area contributed by atoms with E-state index in [1.54, 1.807) is 34.9 Å². The van der Waals surface area contributed by atoms with E-state index in [-0.39, 0.29) is 12.2 Å². The van der Waals surface area contributed by atoms with Gasteiger partial charge in [-0.3, -0.25) is 9.36 Å². The quantitative estimate of drug-likeness (QED) is 0.639. The molecule has 0 spiro atoms. The smallest absolute Gasteiger partial charge is 0.338 e. The third-order valence-corrected chi connectivity index (χ3v) is 5.09. The van der Waals surface area contributed by atoms with Crippen molar-refractivity contribution in [2.24, 2.45) is 0 Å². The molecule has 0 aliphatic carbocycles. The molecule has 2 aromatic carbocycles. The van der Waals surface area contributed by atoms with Crippen molar-refractivity contribution in [1.29, 1.82) is 0 Å². The lowest BCUT2D eigenvalue weighted by atomic mass is 10.1. The van der Waals surface area contributed by atoms with E-state index in [2.05, 4.69) is 4.98 Å². The number of rotatable bonds is 3. The normalized spacial score (nSPS) is 13.8. The van der Waals surface area contributed by atoms with Gasteiger partial charge in [0.1, 0.15) is 12.4 Å². The van der Waals surface area contributed by atoms with Crippen LogP contribution in [0.2, 0.25) is 5.02 Å². The second-order valence-electron chi connectivity index (χ2n) is 6.73. The summed E-state index contributed by atoms with van der Waals surface area (Å²) in [5.41, 5.74) is 1.77. The van der Waals surface area contributed by atoms with E-state index in [0.29, 0.717) is 28.0 Å². The van der Waals surface area contributed by atoms with Crippen molar-refractivity contribution < 1.29 is 9.53 Å². The summed E-state index contributed by atoms with van der Waals surface area (Å²) in [6, 6.07) is 12.1. The van der Waals surface area contributed by atoms with Crippen LogP contribution in [0.5, 0.6) is 0 Å². The van der Waals surface area contributed by atoms with E-state index in [1.165, 1.54) is 0 Å². The SMILES string of the molecule is O=C(OCc1ccc(Cl)cc1)c1ccc2c(=O)n3c(nc2c1)CCCCC3. The second-order valence-corrected chi connectivity index (χ2v) is 7.17. The molecule has 2 heterocycles. The van der Waals surface area contributed by atoms with Gasteiger partial charge >= 0.3 is 5.97 Å². The van der Waals surface area contributed by atoms with Gasteiger partial charge in [0, 0.05) is 18.0 Å². The molecule has 4 rings (SSSR count). The van der Waals surface area contributed by atoms with Gasteiger partial charge in [-0.05, 0) is 48.7 Å². The van der Waals surface area contributed by atoms with Crippen molar-refractivity contribution in [1.82, 2.24) is 9.55 Å². The Kier molecular flexibility index (Phi) is 4.94. The Balaban J connectivity index is 1.59. The Morgan fingerprint density at radius 1 is 1.11 bits per heavy atom. The van der Waals surface area contributed by atoms with Crippen molar-refractivity contribution in [3.63, 3.8) is 0 Å². The highest BCUT2D eigenvalue weighted by Crippen LogP contribution is 2.17. The molecule has 0 atom stereocenters. The summed E-state index contributed by atoms with van der Waals surface area (Å²) in [4.78, 5) is 29.8. The number of esters is 1. The van der Waals surface area contributed by atoms with Crippen molar-refractivity contribution in [2.45, 2.75) is 38.8 Å². The average Bonchev–Trinajstić information content (AvgIpc) is 2.93. The fourth-order valence-electron chi connectivity index (χ4n) is 3.36. The Morgan fingerprint density at radius 2 is 1.93 bits per heavy atom. The van der Waals surface area contributed by atoms with Gasteiger partial charge in [0.2, 0.25) is 0 Å². The van der Waals surface area contributed by atoms with Gasteiger partial charge in [0.05, 0.1) is 16.5 Å². The molecule has 138 valence electrons. The lowest BCUT2D eigenvalue weighted by Gasteiger charge is -2.11. The van der Waals surface area contributed by atoms with E-state index in [1.807, 2.05) is 12.1 Å². The van der Waals surface area contributed by atoms with Crippen molar-refractivity contribution in [2.75, 3.05) is 0 Å². The Bertz CT molecular complexity index is 1060. The lowest BCUT2D eigenvalue weighted by Crippen LogP contribution is -2.24. The molecule has 1 aromatic heterocycles. The number of carbonyl (C=O) groups is 1. The molecular weight excluding hydrogens is 364 g/mol. The first-order valence-electron chi connectivity index (χ1n) is 9.07. The number of benzene rings is 2. The molecule has 0 saturated heterocycles. The van der Waals surface area contributed by atoms with Gasteiger partial charge in [-0.2, -0.15) is 0 Å². The standard InChI is InChI=1S/C21H19ClN2O3/c22-16-8-5-14(6-9-16)13-27-21(26)15-7-10-17-18(12-15)23-19-4-2-1-3-11-24(19)20(17)25/h5-10,12H,1-4,11,13H2. The summed E-state index contributed by atoms with van der Waals surface area (Å²) >= 11 is 5.86. The molecule has 0 saturated carbocycles. The molecule has 3 aromatic rings. The first-order valence-corrected chi connectivity index (χ1v) is 9.45. The van der Waals surface area contributed by atoms with E-state index in [4.69, 9.17) is 16.3 Å². The highest BCUT2D eigenvalue weighted by molar-refractivity contribution is 6.30. The monoisotopic (exact) mass is 382 g/mol. The fraction of sp³-hybridized carbons (Fsp3) is 0.286. The molecule has 0 N–H and O–H groups in total. The molecular formula is C21H19ClN2O3. The van der Waals surface area contributed by atoms with Gasteiger partial charge in [-0.15, -0.1) is 0 Å². The summed E-state index contributed by atoms with van der Waals surface area (Å²) in [5, 5.41) is 1.17. The Morgan fingerprint density at radius 3 is 2.74 bits per heavy atom. The van der Waals surface area contributed by atoms with Gasteiger partial charge in [0.15, 0.2) is 0 Å². The minimum absolute atomic E-state index is 0.0296. The number of hydrogen-bond donors (Lipinski definition) is 0. The molecule has 0 radical (unpaired) electrons. The molecule has 5 nitrogen and oxygen atoms in total. The fourth-order valence-corrected chi connectivity index (χ4v) is 3.48. The maximum atomic E-state index is 12.7. The molecule has 6 heteroatoms. The van der Waals surface area contributed by atoms with Crippen LogP contribution in [-0.2, 0) is 24.3 Å². The van der Waals surface area contributed by atoms with E-state index in [9.17, 15) is 9.59 Å². The summed E-state index contributed by atoms with van der Waals surface area (Å²) in [7, 11) is 0. The van der Waals surface area contributed by atoms with Gasteiger partial charge in [0.25, 0.3) is 5.56 Å². The zero-order valence-corrected chi connectivity index (χ0v) is 15.5. The van der Waals surface area contributed by atoms with Crippen molar-refractivity contribution in [3.05, 3.63) is 74.8 Å². The molecule has 0 unspecified atom stereocenters. The minimum atomic E-state index is -0.441. The number of aromatic nitrogens is 2. The predicted octanol–water partition coefficient (Wildman–Crippen LogP) is 4.13. The van der Waals surface area contributed by atoms with Gasteiger partial charge in [-0.25, -0.2) is 9.78 Å². The van der Waals surface area contributed by atoms with E-state index >= 15 is 0 Å². The molecule has 0 amide bonds. The number of nitrogens with zero attached hydrogens (tertiary/aromatic N) is 2. The maximum absolute atomic E-state index is 12.7. The zero-order valence-electron chi connectivity index (χ0n) is 14.8. The Hall–Kier alpha value is -2.66. The van der Waals surface area contributed by atoms with Crippen molar-refractivity contribution in [3.8, 4) is 0 Å². The van der Waals surface area contributed by atoms with Crippen LogP contribution in [0, 0.1) is 0 Å². The van der Waals surface area contributed by atoms with Crippen LogP contribution in [0.1, 0.15) is 41.0 Å². The Labute approximate surface area is 161 Å². The highest BCUT2D eigenvalue weighted by Gasteiger charge is 2.16. The third-order valence-electron chi connectivity index (χ3n) is 4.84. The molecule has 27 heavy (non-hydrogen) atoms. The maximum Gasteiger partial charge on any atom is 0.338 e. The number of carbonyl (C=O) groups excluding carboxylic acids is 1. The van der Waals surface area contributed by atoms with E-state index < -0.39 is 5.97 Å². The first kappa shape index (κ1) is 17.7. The average molecular weight is 383 g/mol. The number of aryl methyl sites for hydroxylation is 1. The number of halogens is 1. The lowest BCUT2D eigenvalue weighted by molar-refractivity contribution is 0.0473. The number of ether oxygens (including phenoxy) is 1. The van der Waals surface area contributed by atoms with Crippen LogP contribution in [0.25, 0.3) is 10.9 Å². The number of fused-ring (bicyclic) bond motifs is 2. The van der Waals surface area contributed by atoms with Crippen LogP contribution in [0.4, 0.5) is 0 Å². The topological polar surface area (TPSA) is 61.2 Å².